The lowest BCUT2D eigenvalue weighted by atomic mass is 10.1. The van der Waals surface area contributed by atoms with Crippen LogP contribution in [0, 0.1) is 0 Å². The number of ether oxygens (including phenoxy) is 1. The van der Waals surface area contributed by atoms with Gasteiger partial charge in [0.1, 0.15) is 0 Å². The number of thioether (sulfide) groups is 1. The molecule has 0 saturated heterocycles. The highest BCUT2D eigenvalue weighted by atomic mass is 35.5. The Morgan fingerprint density at radius 3 is 2.77 bits per heavy atom. The number of thiophene rings is 1. The number of halogens is 1. The molecule has 112 valence electrons. The number of methoxy groups -OCH3 is 1. The highest BCUT2D eigenvalue weighted by Gasteiger charge is 2.09. The molecule has 0 aliphatic rings. The Hall–Kier alpha value is -1.63. The van der Waals surface area contributed by atoms with Crippen LogP contribution in [0.1, 0.15) is 15.9 Å². The fraction of sp³-hybridized carbons (Fsp3) is 0.133. The summed E-state index contributed by atoms with van der Waals surface area (Å²) in [6.45, 7) is 0. The van der Waals surface area contributed by atoms with Gasteiger partial charge in [0.05, 0.1) is 22.9 Å². The van der Waals surface area contributed by atoms with Gasteiger partial charge in [-0.2, -0.15) is 0 Å². The van der Waals surface area contributed by atoms with Crippen molar-refractivity contribution in [1.29, 1.82) is 0 Å². The van der Waals surface area contributed by atoms with Crippen LogP contribution in [0.2, 0.25) is 5.15 Å². The summed E-state index contributed by atoms with van der Waals surface area (Å²) in [6.07, 6.45) is 0. The Kier molecular flexibility index (Phi) is 4.61. The molecular weight excluding hydrogens is 340 g/mol. The average Bonchev–Trinajstić information content (AvgIpc) is 3.02. The summed E-state index contributed by atoms with van der Waals surface area (Å²) in [5.74, 6) is 0.366. The smallest absolute Gasteiger partial charge is 0.337 e. The van der Waals surface area contributed by atoms with Crippen molar-refractivity contribution in [3.63, 3.8) is 0 Å². The maximum Gasteiger partial charge on any atom is 0.337 e. The van der Waals surface area contributed by atoms with Crippen LogP contribution in [0.15, 0.2) is 40.9 Å². The molecule has 0 unspecified atom stereocenters. The molecule has 2 aromatic heterocycles. The second-order valence-electron chi connectivity index (χ2n) is 4.41. The molecule has 22 heavy (non-hydrogen) atoms. The standard InChI is InChI=1S/C15H11ClN2O2S2/c1-20-14(19)10-4-2-9(3-5-10)8-22-15-17-11-6-7-21-12(11)13(16)18-15/h2-7H,8H2,1H3. The lowest BCUT2D eigenvalue weighted by Gasteiger charge is -2.03. The molecule has 2 heterocycles. The minimum atomic E-state index is -0.336. The SMILES string of the molecule is COC(=O)c1ccc(CSc2nc(Cl)c3sccc3n2)cc1. The van der Waals surface area contributed by atoms with Crippen LogP contribution in [-0.2, 0) is 10.5 Å². The Morgan fingerprint density at radius 1 is 1.27 bits per heavy atom. The number of carbonyl (C=O) groups excluding carboxylic acids is 1. The van der Waals surface area contributed by atoms with Gasteiger partial charge in [-0.1, -0.05) is 35.5 Å². The minimum Gasteiger partial charge on any atom is -0.465 e. The predicted molar refractivity (Wildman–Crippen MR) is 89.8 cm³/mol. The zero-order valence-electron chi connectivity index (χ0n) is 11.6. The first-order valence-corrected chi connectivity index (χ1v) is 8.62. The van der Waals surface area contributed by atoms with E-state index in [9.17, 15) is 4.79 Å². The maximum absolute atomic E-state index is 11.4. The molecule has 0 aliphatic carbocycles. The number of rotatable bonds is 4. The van der Waals surface area contributed by atoms with Crippen molar-refractivity contribution in [3.8, 4) is 0 Å². The fourth-order valence-corrected chi connectivity index (χ4v) is 3.75. The molecule has 3 rings (SSSR count). The first-order valence-electron chi connectivity index (χ1n) is 6.38. The third-order valence-corrected chi connectivity index (χ3v) is 5.20. The second kappa shape index (κ2) is 6.64. The van der Waals surface area contributed by atoms with E-state index in [1.807, 2.05) is 23.6 Å². The predicted octanol–water partition coefficient (Wildman–Crippen LogP) is 4.42. The summed E-state index contributed by atoms with van der Waals surface area (Å²) in [4.78, 5) is 20.2. The van der Waals surface area contributed by atoms with Crippen molar-refractivity contribution in [1.82, 2.24) is 9.97 Å². The number of nitrogens with zero attached hydrogens (tertiary/aromatic N) is 2. The zero-order valence-corrected chi connectivity index (χ0v) is 14.0. The molecule has 0 N–H and O–H groups in total. The third-order valence-electron chi connectivity index (χ3n) is 2.98. The molecule has 0 atom stereocenters. The van der Waals surface area contributed by atoms with Crippen LogP contribution < -0.4 is 0 Å². The second-order valence-corrected chi connectivity index (χ2v) is 6.63. The minimum absolute atomic E-state index is 0.336. The normalized spacial score (nSPS) is 10.8. The first-order chi connectivity index (χ1) is 10.7. The van der Waals surface area contributed by atoms with E-state index in [1.165, 1.54) is 30.2 Å². The van der Waals surface area contributed by atoms with Crippen LogP contribution in [0.25, 0.3) is 10.2 Å². The van der Waals surface area contributed by atoms with Gasteiger partial charge in [0, 0.05) is 5.75 Å². The maximum atomic E-state index is 11.4. The molecule has 0 spiro atoms. The van der Waals surface area contributed by atoms with Gasteiger partial charge in [-0.25, -0.2) is 14.8 Å². The molecule has 3 aromatic rings. The largest absolute Gasteiger partial charge is 0.465 e. The van der Waals surface area contributed by atoms with Gasteiger partial charge < -0.3 is 4.74 Å². The Morgan fingerprint density at radius 2 is 2.05 bits per heavy atom. The van der Waals surface area contributed by atoms with Crippen LogP contribution >= 0.6 is 34.7 Å². The zero-order chi connectivity index (χ0) is 15.5. The first kappa shape index (κ1) is 15.3. The number of carbonyl (C=O) groups is 1. The van der Waals surface area contributed by atoms with Gasteiger partial charge in [-0.15, -0.1) is 11.3 Å². The molecule has 0 saturated carbocycles. The lowest BCUT2D eigenvalue weighted by molar-refractivity contribution is 0.0600. The topological polar surface area (TPSA) is 52.1 Å². The van der Waals surface area contributed by atoms with E-state index in [0.29, 0.717) is 21.6 Å². The summed E-state index contributed by atoms with van der Waals surface area (Å²) in [7, 11) is 1.37. The van der Waals surface area contributed by atoms with Gasteiger partial charge in [0.2, 0.25) is 0 Å². The third kappa shape index (κ3) is 3.24. The molecule has 0 amide bonds. The molecule has 7 heteroatoms. The average molecular weight is 351 g/mol. The fourth-order valence-electron chi connectivity index (χ4n) is 1.88. The van der Waals surface area contributed by atoms with Crippen molar-refractivity contribution in [2.75, 3.05) is 7.11 Å². The quantitative estimate of drug-likeness (QED) is 0.301. The molecule has 0 fully saturated rings. The number of hydrogen-bond donors (Lipinski definition) is 0. The Balaban J connectivity index is 1.72. The highest BCUT2D eigenvalue weighted by Crippen LogP contribution is 2.29. The van der Waals surface area contributed by atoms with Crippen LogP contribution in [0.3, 0.4) is 0 Å². The number of benzene rings is 1. The number of hydrogen-bond acceptors (Lipinski definition) is 6. The number of aromatic nitrogens is 2. The molecule has 0 aliphatic heterocycles. The van der Waals surface area contributed by atoms with Crippen molar-refractivity contribution in [3.05, 3.63) is 52.0 Å². The monoisotopic (exact) mass is 350 g/mol. The molecule has 1 aromatic carbocycles. The number of fused-ring (bicyclic) bond motifs is 1. The van der Waals surface area contributed by atoms with Gasteiger partial charge in [-0.3, -0.25) is 0 Å². The molecule has 0 radical (unpaired) electrons. The summed E-state index contributed by atoms with van der Waals surface area (Å²) in [5.41, 5.74) is 2.48. The van der Waals surface area contributed by atoms with E-state index in [4.69, 9.17) is 11.6 Å². The highest BCUT2D eigenvalue weighted by molar-refractivity contribution is 7.98. The van der Waals surface area contributed by atoms with Gasteiger partial charge in [0.25, 0.3) is 0 Å². The van der Waals surface area contributed by atoms with Crippen molar-refractivity contribution in [2.24, 2.45) is 0 Å². The van der Waals surface area contributed by atoms with Crippen molar-refractivity contribution < 1.29 is 9.53 Å². The number of esters is 1. The van der Waals surface area contributed by atoms with E-state index in [0.717, 1.165) is 15.8 Å². The van der Waals surface area contributed by atoms with E-state index >= 15 is 0 Å². The molecule has 4 nitrogen and oxygen atoms in total. The Labute approximate surface area is 140 Å². The van der Waals surface area contributed by atoms with E-state index in [2.05, 4.69) is 14.7 Å². The van der Waals surface area contributed by atoms with Crippen LogP contribution in [0.4, 0.5) is 0 Å². The van der Waals surface area contributed by atoms with Gasteiger partial charge in [-0.05, 0) is 29.1 Å². The molecular formula is C15H11ClN2O2S2. The van der Waals surface area contributed by atoms with E-state index in [1.54, 1.807) is 12.1 Å². The van der Waals surface area contributed by atoms with E-state index < -0.39 is 0 Å². The van der Waals surface area contributed by atoms with Crippen molar-refractivity contribution in [2.45, 2.75) is 10.9 Å². The Bertz CT molecular complexity index is 818. The lowest BCUT2D eigenvalue weighted by Crippen LogP contribution is -2.00. The van der Waals surface area contributed by atoms with Crippen LogP contribution in [-0.4, -0.2) is 23.0 Å². The molecule has 0 bridgehead atoms. The summed E-state index contributed by atoms with van der Waals surface area (Å²) >= 11 is 9.19. The van der Waals surface area contributed by atoms with Crippen molar-refractivity contribution >= 4 is 50.9 Å². The van der Waals surface area contributed by atoms with Crippen LogP contribution in [0.5, 0.6) is 0 Å². The summed E-state index contributed by atoms with van der Waals surface area (Å²) < 4.78 is 5.58. The van der Waals surface area contributed by atoms with E-state index in [-0.39, 0.29) is 5.97 Å². The van der Waals surface area contributed by atoms with Gasteiger partial charge >= 0.3 is 5.97 Å². The summed E-state index contributed by atoms with van der Waals surface area (Å²) in [5, 5.41) is 3.09. The summed E-state index contributed by atoms with van der Waals surface area (Å²) in [6, 6.07) is 9.21. The van der Waals surface area contributed by atoms with Gasteiger partial charge in [0.15, 0.2) is 10.3 Å².